The molecule has 114 valence electrons. The number of ether oxygens (including phenoxy) is 1. The minimum Gasteiger partial charge on any atom is -0.465 e. The Bertz CT molecular complexity index is 675. The smallest absolute Gasteiger partial charge is 0.319 e. The number of nitrogens with zero attached hydrogens (tertiary/aromatic N) is 2. The fraction of sp³-hybridized carbons (Fsp3) is 0.286. The Morgan fingerprint density at radius 3 is 2.77 bits per heavy atom. The van der Waals surface area contributed by atoms with E-state index in [1.807, 2.05) is 18.2 Å². The van der Waals surface area contributed by atoms with E-state index < -0.39 is 0 Å². The van der Waals surface area contributed by atoms with Crippen molar-refractivity contribution in [2.75, 3.05) is 12.4 Å². The lowest BCUT2D eigenvalue weighted by atomic mass is 10.2. The van der Waals surface area contributed by atoms with E-state index in [-0.39, 0.29) is 17.0 Å². The molecule has 0 bridgehead atoms. The number of esters is 1. The standard InChI is InChI=1S/C14H12N2O3S3/c17-10(9-4-2-1-3-5-9)8-20-13-15-16-14(22-13)21-11-6-7-19-12(11)18/h1-5,11H,6-8H2/t11-/m1/s1. The van der Waals surface area contributed by atoms with Crippen LogP contribution < -0.4 is 0 Å². The zero-order valence-electron chi connectivity index (χ0n) is 11.4. The predicted octanol–water partition coefficient (Wildman–Crippen LogP) is 2.92. The maximum atomic E-state index is 12.0. The van der Waals surface area contributed by atoms with Gasteiger partial charge >= 0.3 is 5.97 Å². The maximum Gasteiger partial charge on any atom is 0.319 e. The second-order valence-corrected chi connectivity index (χ2v) is 8.12. The topological polar surface area (TPSA) is 69.2 Å². The zero-order valence-corrected chi connectivity index (χ0v) is 13.9. The van der Waals surface area contributed by atoms with Gasteiger partial charge < -0.3 is 4.74 Å². The number of hydrogen-bond donors (Lipinski definition) is 0. The number of rotatable bonds is 6. The lowest BCUT2D eigenvalue weighted by Crippen LogP contribution is -2.08. The molecule has 5 nitrogen and oxygen atoms in total. The Morgan fingerprint density at radius 1 is 1.27 bits per heavy atom. The number of cyclic esters (lactones) is 1. The van der Waals surface area contributed by atoms with Crippen LogP contribution in [-0.4, -0.2) is 39.6 Å². The molecule has 0 spiro atoms. The summed E-state index contributed by atoms with van der Waals surface area (Å²) in [5, 5.41) is 7.93. The summed E-state index contributed by atoms with van der Waals surface area (Å²) >= 11 is 4.15. The Labute approximate surface area is 139 Å². The highest BCUT2D eigenvalue weighted by atomic mass is 32.2. The first-order valence-corrected chi connectivity index (χ1v) is 9.28. The molecule has 1 aliphatic heterocycles. The van der Waals surface area contributed by atoms with Crippen LogP contribution in [0.15, 0.2) is 39.0 Å². The van der Waals surface area contributed by atoms with E-state index in [9.17, 15) is 9.59 Å². The number of benzene rings is 1. The molecular formula is C14H12N2O3S3. The third kappa shape index (κ3) is 3.88. The summed E-state index contributed by atoms with van der Waals surface area (Å²) in [7, 11) is 0. The number of ketones is 1. The van der Waals surface area contributed by atoms with Crippen molar-refractivity contribution in [3.63, 3.8) is 0 Å². The number of carbonyl (C=O) groups excluding carboxylic acids is 2. The number of aromatic nitrogens is 2. The summed E-state index contributed by atoms with van der Waals surface area (Å²) in [6, 6.07) is 9.18. The Hall–Kier alpha value is -1.38. The van der Waals surface area contributed by atoms with Gasteiger partial charge in [-0.15, -0.1) is 10.2 Å². The van der Waals surface area contributed by atoms with E-state index in [0.717, 1.165) is 8.68 Å². The molecular weight excluding hydrogens is 340 g/mol. The SMILES string of the molecule is O=C(CSc1nnc(S[C@@H]2CCOC2=O)s1)c1ccccc1. The average molecular weight is 352 g/mol. The molecule has 8 heteroatoms. The van der Waals surface area contributed by atoms with Crippen LogP contribution in [0.3, 0.4) is 0 Å². The van der Waals surface area contributed by atoms with E-state index in [0.29, 0.717) is 24.3 Å². The lowest BCUT2D eigenvalue weighted by molar-refractivity contribution is -0.137. The number of carbonyl (C=O) groups is 2. The van der Waals surface area contributed by atoms with Crippen molar-refractivity contribution in [1.82, 2.24) is 10.2 Å². The van der Waals surface area contributed by atoms with Crippen molar-refractivity contribution in [2.45, 2.75) is 20.4 Å². The normalized spacial score (nSPS) is 17.5. The molecule has 0 N–H and O–H groups in total. The van der Waals surface area contributed by atoms with Gasteiger partial charge in [0.2, 0.25) is 0 Å². The summed E-state index contributed by atoms with van der Waals surface area (Å²) in [5.74, 6) is 0.206. The van der Waals surface area contributed by atoms with Gasteiger partial charge in [-0.3, -0.25) is 9.59 Å². The molecule has 0 radical (unpaired) electrons. The van der Waals surface area contributed by atoms with Gasteiger partial charge in [0.15, 0.2) is 14.5 Å². The van der Waals surface area contributed by atoms with Crippen molar-refractivity contribution in [2.24, 2.45) is 0 Å². The lowest BCUT2D eigenvalue weighted by Gasteiger charge is -1.99. The van der Waals surface area contributed by atoms with Gasteiger partial charge in [0, 0.05) is 12.0 Å². The van der Waals surface area contributed by atoms with Crippen LogP contribution in [0.2, 0.25) is 0 Å². The van der Waals surface area contributed by atoms with Crippen molar-refractivity contribution in [1.29, 1.82) is 0 Å². The number of Topliss-reactive ketones (excluding diaryl/α,β-unsaturated/α-hetero) is 1. The van der Waals surface area contributed by atoms with Crippen LogP contribution in [0.5, 0.6) is 0 Å². The molecule has 3 rings (SSSR count). The molecule has 2 aromatic rings. The van der Waals surface area contributed by atoms with Gasteiger partial charge in [-0.1, -0.05) is 65.2 Å². The minimum atomic E-state index is -0.186. The summed E-state index contributed by atoms with van der Waals surface area (Å²) in [6.07, 6.45) is 0.706. The summed E-state index contributed by atoms with van der Waals surface area (Å²) in [4.78, 5) is 23.4. The van der Waals surface area contributed by atoms with E-state index in [1.54, 1.807) is 12.1 Å². The second kappa shape index (κ2) is 7.26. The molecule has 0 saturated carbocycles. The second-order valence-electron chi connectivity index (χ2n) is 4.47. The fourth-order valence-electron chi connectivity index (χ4n) is 1.84. The minimum absolute atomic E-state index is 0.0642. The Kier molecular flexibility index (Phi) is 5.12. The fourth-order valence-corrected chi connectivity index (χ4v) is 4.97. The van der Waals surface area contributed by atoms with Gasteiger partial charge in [0.25, 0.3) is 0 Å². The number of hydrogen-bond acceptors (Lipinski definition) is 8. The third-order valence-corrected chi connectivity index (χ3v) is 6.33. The molecule has 22 heavy (non-hydrogen) atoms. The summed E-state index contributed by atoms with van der Waals surface area (Å²) in [5.41, 5.74) is 0.697. The molecule has 1 aromatic carbocycles. The van der Waals surface area contributed by atoms with Gasteiger partial charge in [-0.25, -0.2) is 0 Å². The van der Waals surface area contributed by atoms with Crippen LogP contribution in [-0.2, 0) is 9.53 Å². The first-order valence-electron chi connectivity index (χ1n) is 6.60. The maximum absolute atomic E-state index is 12.0. The van der Waals surface area contributed by atoms with Gasteiger partial charge in [-0.2, -0.15) is 0 Å². The van der Waals surface area contributed by atoms with Crippen molar-refractivity contribution < 1.29 is 14.3 Å². The molecule has 1 aliphatic rings. The first kappa shape index (κ1) is 15.5. The third-order valence-electron chi connectivity index (χ3n) is 2.94. The van der Waals surface area contributed by atoms with Crippen LogP contribution >= 0.6 is 34.9 Å². The Morgan fingerprint density at radius 2 is 2.05 bits per heavy atom. The molecule has 1 saturated heterocycles. The molecule has 1 atom stereocenters. The van der Waals surface area contributed by atoms with Crippen LogP contribution in [0.1, 0.15) is 16.8 Å². The van der Waals surface area contributed by atoms with Crippen LogP contribution in [0.25, 0.3) is 0 Å². The van der Waals surface area contributed by atoms with Crippen molar-refractivity contribution in [3.05, 3.63) is 35.9 Å². The highest BCUT2D eigenvalue weighted by Gasteiger charge is 2.28. The average Bonchev–Trinajstić information content (AvgIpc) is 3.16. The number of thioether (sulfide) groups is 2. The van der Waals surface area contributed by atoms with Crippen molar-refractivity contribution >= 4 is 46.6 Å². The van der Waals surface area contributed by atoms with E-state index in [4.69, 9.17) is 4.74 Å². The molecule has 0 amide bonds. The van der Waals surface area contributed by atoms with Crippen molar-refractivity contribution in [3.8, 4) is 0 Å². The van der Waals surface area contributed by atoms with E-state index in [2.05, 4.69) is 10.2 Å². The molecule has 1 aromatic heterocycles. The highest BCUT2D eigenvalue weighted by molar-refractivity contribution is 8.04. The van der Waals surface area contributed by atoms with Gasteiger partial charge in [0.05, 0.1) is 12.4 Å². The summed E-state index contributed by atoms with van der Waals surface area (Å²) < 4.78 is 6.39. The van der Waals surface area contributed by atoms with E-state index >= 15 is 0 Å². The van der Waals surface area contributed by atoms with Crippen LogP contribution in [0, 0.1) is 0 Å². The first-order chi connectivity index (χ1) is 10.7. The largest absolute Gasteiger partial charge is 0.465 e. The molecule has 2 heterocycles. The Balaban J connectivity index is 1.53. The summed E-state index contributed by atoms with van der Waals surface area (Å²) in [6.45, 7) is 0.475. The van der Waals surface area contributed by atoms with Gasteiger partial charge in [-0.05, 0) is 0 Å². The zero-order chi connectivity index (χ0) is 15.4. The van der Waals surface area contributed by atoms with Crippen LogP contribution in [0.4, 0.5) is 0 Å². The molecule has 1 fully saturated rings. The van der Waals surface area contributed by atoms with E-state index in [1.165, 1.54) is 34.9 Å². The highest BCUT2D eigenvalue weighted by Crippen LogP contribution is 2.34. The monoisotopic (exact) mass is 352 g/mol. The van der Waals surface area contributed by atoms with Gasteiger partial charge in [0.1, 0.15) is 5.25 Å². The molecule has 0 unspecified atom stereocenters. The quantitative estimate of drug-likeness (QED) is 0.450. The predicted molar refractivity (Wildman–Crippen MR) is 86.6 cm³/mol. The molecule has 0 aliphatic carbocycles.